The van der Waals surface area contributed by atoms with Gasteiger partial charge in [-0.25, -0.2) is 15.0 Å². The van der Waals surface area contributed by atoms with Gasteiger partial charge < -0.3 is 10.3 Å². The number of para-hydroxylation sites is 2. The second kappa shape index (κ2) is 8.98. The van der Waals surface area contributed by atoms with Gasteiger partial charge >= 0.3 is 0 Å². The first-order valence-corrected chi connectivity index (χ1v) is 12.5. The van der Waals surface area contributed by atoms with E-state index in [1.807, 2.05) is 72.8 Å². The molecular weight excluding hydrogens is 466 g/mol. The molecule has 38 heavy (non-hydrogen) atoms. The Morgan fingerprint density at radius 1 is 0.474 bits per heavy atom. The zero-order valence-electron chi connectivity index (χ0n) is 20.5. The topological polar surface area (TPSA) is 69.6 Å². The largest absolute Gasteiger partial charge is 0.398 e. The van der Waals surface area contributed by atoms with Crippen molar-refractivity contribution in [2.45, 2.75) is 0 Å². The fraction of sp³-hybridized carbons (Fsp3) is 0. The number of nitrogens with zero attached hydrogens (tertiary/aromatic N) is 4. The first-order chi connectivity index (χ1) is 18.8. The van der Waals surface area contributed by atoms with E-state index in [1.165, 1.54) is 0 Å². The summed E-state index contributed by atoms with van der Waals surface area (Å²) < 4.78 is 2.25. The number of benzene rings is 5. The van der Waals surface area contributed by atoms with E-state index < -0.39 is 0 Å². The van der Waals surface area contributed by atoms with Gasteiger partial charge in [-0.2, -0.15) is 0 Å². The van der Waals surface area contributed by atoms with Gasteiger partial charge in [0.15, 0.2) is 17.5 Å². The van der Waals surface area contributed by atoms with Gasteiger partial charge in [0, 0.05) is 38.8 Å². The van der Waals surface area contributed by atoms with Crippen molar-refractivity contribution < 1.29 is 0 Å². The molecule has 2 N–H and O–H groups in total. The van der Waals surface area contributed by atoms with Crippen molar-refractivity contribution in [3.63, 3.8) is 0 Å². The summed E-state index contributed by atoms with van der Waals surface area (Å²) in [5.74, 6) is 1.77. The van der Waals surface area contributed by atoms with Crippen LogP contribution in [0.5, 0.6) is 0 Å². The molecule has 0 atom stereocenters. The molecule has 0 saturated heterocycles. The first-order valence-electron chi connectivity index (χ1n) is 12.5. The number of aromatic nitrogens is 4. The van der Waals surface area contributed by atoms with E-state index >= 15 is 0 Å². The Morgan fingerprint density at radius 2 is 1.00 bits per heavy atom. The number of fused-ring (bicyclic) bond motifs is 3. The van der Waals surface area contributed by atoms with Gasteiger partial charge in [-0.1, -0.05) is 97.1 Å². The smallest absolute Gasteiger partial charge is 0.166 e. The van der Waals surface area contributed by atoms with Crippen molar-refractivity contribution in [2.24, 2.45) is 0 Å². The van der Waals surface area contributed by atoms with Gasteiger partial charge in [0.1, 0.15) is 0 Å². The summed E-state index contributed by atoms with van der Waals surface area (Å²) in [6.07, 6.45) is 0. The van der Waals surface area contributed by atoms with E-state index in [0.717, 1.165) is 44.2 Å². The van der Waals surface area contributed by atoms with Crippen LogP contribution in [0.1, 0.15) is 0 Å². The normalized spacial score (nSPS) is 11.3. The Hall–Kier alpha value is -5.29. The van der Waals surface area contributed by atoms with Crippen LogP contribution in [0, 0.1) is 0 Å². The Labute approximate surface area is 219 Å². The predicted molar refractivity (Wildman–Crippen MR) is 155 cm³/mol. The highest BCUT2D eigenvalue weighted by Gasteiger charge is 2.18. The molecule has 7 aromatic rings. The number of hydrogen-bond acceptors (Lipinski definition) is 4. The third-order valence-electron chi connectivity index (χ3n) is 6.80. The SMILES string of the molecule is Nc1cc2c(cc1-c1nc(-c3ccccc3)nc(-c3ccccc3)n1)c1ccccc1n2-c1ccccc1. The second-order valence-corrected chi connectivity index (χ2v) is 9.18. The van der Waals surface area contributed by atoms with Crippen molar-refractivity contribution in [1.82, 2.24) is 19.5 Å². The predicted octanol–water partition coefficient (Wildman–Crippen LogP) is 7.55. The van der Waals surface area contributed by atoms with Gasteiger partial charge in [-0.15, -0.1) is 0 Å². The minimum atomic E-state index is 0.550. The van der Waals surface area contributed by atoms with Crippen LogP contribution in [0.2, 0.25) is 0 Å². The second-order valence-electron chi connectivity index (χ2n) is 9.18. The van der Waals surface area contributed by atoms with E-state index in [1.54, 1.807) is 0 Å². The lowest BCUT2D eigenvalue weighted by Crippen LogP contribution is -2.02. The fourth-order valence-corrected chi connectivity index (χ4v) is 5.01. The van der Waals surface area contributed by atoms with Crippen LogP contribution >= 0.6 is 0 Å². The van der Waals surface area contributed by atoms with Crippen LogP contribution in [0.4, 0.5) is 5.69 Å². The van der Waals surface area contributed by atoms with Crippen LogP contribution in [-0.4, -0.2) is 19.5 Å². The van der Waals surface area contributed by atoms with E-state index in [9.17, 15) is 0 Å². The number of nitrogens with two attached hydrogens (primary N) is 1. The zero-order chi connectivity index (χ0) is 25.5. The Bertz CT molecular complexity index is 1850. The molecule has 5 nitrogen and oxygen atoms in total. The highest BCUT2D eigenvalue weighted by Crippen LogP contribution is 2.37. The number of hydrogen-bond donors (Lipinski definition) is 1. The van der Waals surface area contributed by atoms with E-state index in [-0.39, 0.29) is 0 Å². The molecule has 0 radical (unpaired) electrons. The van der Waals surface area contributed by atoms with Crippen LogP contribution in [0.25, 0.3) is 61.7 Å². The molecule has 0 spiro atoms. The summed E-state index contributed by atoms with van der Waals surface area (Å²) in [4.78, 5) is 14.6. The molecule has 0 amide bonds. The molecule has 0 aliphatic rings. The van der Waals surface area contributed by atoms with Gasteiger partial charge in [0.25, 0.3) is 0 Å². The molecule has 0 bridgehead atoms. The molecule has 0 unspecified atom stereocenters. The monoisotopic (exact) mass is 489 g/mol. The summed E-state index contributed by atoms with van der Waals surface area (Å²) >= 11 is 0. The Morgan fingerprint density at radius 3 is 1.63 bits per heavy atom. The summed E-state index contributed by atoms with van der Waals surface area (Å²) in [5.41, 5.74) is 13.2. The molecule has 5 heteroatoms. The number of nitrogen functional groups attached to an aromatic ring is 1. The maximum Gasteiger partial charge on any atom is 0.166 e. The lowest BCUT2D eigenvalue weighted by Gasteiger charge is -2.11. The highest BCUT2D eigenvalue weighted by atomic mass is 15.0. The third kappa shape index (κ3) is 3.69. The molecule has 180 valence electrons. The molecule has 5 aromatic carbocycles. The fourth-order valence-electron chi connectivity index (χ4n) is 5.01. The van der Waals surface area contributed by atoms with E-state index in [4.69, 9.17) is 20.7 Å². The minimum Gasteiger partial charge on any atom is -0.398 e. The van der Waals surface area contributed by atoms with Crippen LogP contribution in [0.3, 0.4) is 0 Å². The number of rotatable bonds is 4. The maximum absolute atomic E-state index is 6.75. The lowest BCUT2D eigenvalue weighted by atomic mass is 10.1. The summed E-state index contributed by atoms with van der Waals surface area (Å²) in [7, 11) is 0. The maximum atomic E-state index is 6.75. The van der Waals surface area contributed by atoms with Crippen LogP contribution in [-0.2, 0) is 0 Å². The van der Waals surface area contributed by atoms with Crippen molar-refractivity contribution >= 4 is 27.5 Å². The Kier molecular flexibility index (Phi) is 5.19. The van der Waals surface area contributed by atoms with Crippen molar-refractivity contribution in [1.29, 1.82) is 0 Å². The van der Waals surface area contributed by atoms with Crippen molar-refractivity contribution in [3.05, 3.63) is 127 Å². The molecule has 2 heterocycles. The Balaban J connectivity index is 1.50. The highest BCUT2D eigenvalue weighted by molar-refractivity contribution is 6.11. The molecule has 2 aromatic heterocycles. The molecular formula is C33H23N5. The molecule has 0 fully saturated rings. The summed E-state index contributed by atoms with van der Waals surface area (Å²) in [5, 5.41) is 2.24. The van der Waals surface area contributed by atoms with Gasteiger partial charge in [0.2, 0.25) is 0 Å². The van der Waals surface area contributed by atoms with E-state index in [2.05, 4.69) is 59.2 Å². The third-order valence-corrected chi connectivity index (χ3v) is 6.80. The number of anilines is 1. The van der Waals surface area contributed by atoms with Crippen LogP contribution in [0.15, 0.2) is 127 Å². The molecule has 0 aliphatic carbocycles. The zero-order valence-corrected chi connectivity index (χ0v) is 20.5. The van der Waals surface area contributed by atoms with Gasteiger partial charge in [0.05, 0.1) is 11.0 Å². The van der Waals surface area contributed by atoms with Crippen molar-refractivity contribution in [3.8, 4) is 39.9 Å². The van der Waals surface area contributed by atoms with Gasteiger partial charge in [-0.3, -0.25) is 0 Å². The molecule has 7 rings (SSSR count). The average Bonchev–Trinajstić information content (AvgIpc) is 3.31. The van der Waals surface area contributed by atoms with Crippen molar-refractivity contribution in [2.75, 3.05) is 5.73 Å². The van der Waals surface area contributed by atoms with Crippen LogP contribution < -0.4 is 5.73 Å². The summed E-state index contributed by atoms with van der Waals surface area (Å²) in [6.45, 7) is 0. The molecule has 0 saturated carbocycles. The standard InChI is InChI=1S/C33H23N5/c34-28-21-30-26(25-18-10-11-19-29(25)38(30)24-16-8-3-9-17-24)20-27(28)33-36-31(22-12-4-1-5-13-22)35-32(37-33)23-14-6-2-7-15-23/h1-21H,34H2. The quantitative estimate of drug-likeness (QED) is 0.259. The molecule has 0 aliphatic heterocycles. The van der Waals surface area contributed by atoms with Gasteiger partial charge in [-0.05, 0) is 30.3 Å². The van der Waals surface area contributed by atoms with E-state index in [0.29, 0.717) is 23.2 Å². The lowest BCUT2D eigenvalue weighted by molar-refractivity contribution is 1.07. The summed E-state index contributed by atoms with van der Waals surface area (Å²) in [6, 6.07) is 42.9. The average molecular weight is 490 g/mol. The first kappa shape index (κ1) is 21.9. The minimum absolute atomic E-state index is 0.550.